The van der Waals surface area contributed by atoms with E-state index in [2.05, 4.69) is 47.6 Å². The second-order valence-electron chi connectivity index (χ2n) is 13.9. The van der Waals surface area contributed by atoms with Crippen LogP contribution < -0.4 is 0 Å². The van der Waals surface area contributed by atoms with Crippen LogP contribution in [0.2, 0.25) is 5.02 Å². The number of halogens is 1. The minimum Gasteiger partial charge on any atom is -0.464 e. The third-order valence-corrected chi connectivity index (χ3v) is 10.5. The van der Waals surface area contributed by atoms with Gasteiger partial charge < -0.3 is 18.9 Å². The van der Waals surface area contributed by atoms with Crippen molar-refractivity contribution >= 4 is 50.2 Å². The van der Waals surface area contributed by atoms with E-state index in [0.717, 1.165) is 80.3 Å². The van der Waals surface area contributed by atoms with Crippen LogP contribution in [0, 0.1) is 13.8 Å². The molecule has 3 heterocycles. The van der Waals surface area contributed by atoms with Crippen molar-refractivity contribution < 1.29 is 14.3 Å². The first-order valence-corrected chi connectivity index (χ1v) is 18.4. The number of rotatable bonds is 10. The summed E-state index contributed by atoms with van der Waals surface area (Å²) in [6.07, 6.45) is 3.90. The quantitative estimate of drug-likeness (QED) is 0.136. The topological polar surface area (TPSA) is 69.5 Å². The highest BCUT2D eigenvalue weighted by Gasteiger charge is 2.34. The molecule has 1 atom stereocenters. The molecule has 254 valence electrons. The van der Waals surface area contributed by atoms with Crippen LogP contribution >= 0.6 is 22.9 Å². The molecule has 0 unspecified atom stereocenters. The summed E-state index contributed by atoms with van der Waals surface area (Å²) in [5.74, 6) is 0.658. The molecule has 1 saturated heterocycles. The van der Waals surface area contributed by atoms with Gasteiger partial charge in [-0.1, -0.05) is 37.1 Å². The highest BCUT2D eigenvalue weighted by atomic mass is 35.5. The lowest BCUT2D eigenvalue weighted by Crippen LogP contribution is -2.35. The fourth-order valence-corrected chi connectivity index (χ4v) is 8.22. The van der Waals surface area contributed by atoms with Gasteiger partial charge in [-0.3, -0.25) is 0 Å². The predicted molar refractivity (Wildman–Crippen MR) is 198 cm³/mol. The monoisotopic (exact) mass is 686 g/mol. The van der Waals surface area contributed by atoms with E-state index in [-0.39, 0.29) is 6.61 Å². The number of thiazole rings is 1. The van der Waals surface area contributed by atoms with Gasteiger partial charge in [0, 0.05) is 40.8 Å². The van der Waals surface area contributed by atoms with Crippen LogP contribution in [-0.2, 0) is 14.3 Å². The SMILES string of the molecule is CCCCN1CCC(n2c(C)nc3cc(-c4nc5cc(C)c([C@H](OC(C)(C)C)C(=O)OCC)c(-c6ccc(Cl)cc6)c5s4)ccc32)CC1. The number of imidazole rings is 1. The Morgan fingerprint density at radius 3 is 2.38 bits per heavy atom. The number of aromatic nitrogens is 3. The average Bonchev–Trinajstić information content (AvgIpc) is 3.62. The number of aryl methyl sites for hydroxylation is 2. The van der Waals surface area contributed by atoms with E-state index in [1.807, 2.05) is 58.9 Å². The zero-order valence-corrected chi connectivity index (χ0v) is 30.8. The van der Waals surface area contributed by atoms with Gasteiger partial charge in [0.1, 0.15) is 10.8 Å². The molecular formula is C39H47ClN4O3S. The summed E-state index contributed by atoms with van der Waals surface area (Å²) in [5.41, 5.74) is 7.05. The molecule has 2 aromatic heterocycles. The molecule has 0 saturated carbocycles. The first-order chi connectivity index (χ1) is 23.0. The minimum atomic E-state index is -0.910. The molecule has 7 nitrogen and oxygen atoms in total. The number of ether oxygens (including phenoxy) is 2. The maximum Gasteiger partial charge on any atom is 0.339 e. The number of carbonyl (C=O) groups is 1. The van der Waals surface area contributed by atoms with Gasteiger partial charge in [-0.15, -0.1) is 11.3 Å². The van der Waals surface area contributed by atoms with Gasteiger partial charge >= 0.3 is 5.97 Å². The lowest BCUT2D eigenvalue weighted by Gasteiger charge is -2.33. The molecule has 1 aliphatic heterocycles. The van der Waals surface area contributed by atoms with Crippen LogP contribution in [0.5, 0.6) is 0 Å². The van der Waals surface area contributed by atoms with Gasteiger partial charge in [-0.2, -0.15) is 0 Å². The normalized spacial score (nSPS) is 15.4. The van der Waals surface area contributed by atoms with E-state index in [1.54, 1.807) is 11.3 Å². The Hall–Kier alpha value is -3.30. The second-order valence-corrected chi connectivity index (χ2v) is 15.3. The van der Waals surface area contributed by atoms with Gasteiger partial charge in [0.2, 0.25) is 0 Å². The molecule has 3 aromatic carbocycles. The largest absolute Gasteiger partial charge is 0.464 e. The summed E-state index contributed by atoms with van der Waals surface area (Å²) < 4.78 is 15.4. The maximum atomic E-state index is 13.5. The number of unbranched alkanes of at least 4 members (excludes halogenated alkanes) is 1. The van der Waals surface area contributed by atoms with Crippen molar-refractivity contribution in [2.45, 2.75) is 91.9 Å². The predicted octanol–water partition coefficient (Wildman–Crippen LogP) is 10.1. The molecule has 1 fully saturated rings. The lowest BCUT2D eigenvalue weighted by molar-refractivity contribution is -0.166. The molecule has 0 N–H and O–H groups in total. The molecule has 0 amide bonds. The number of piperidine rings is 1. The van der Waals surface area contributed by atoms with Gasteiger partial charge in [0.05, 0.1) is 33.5 Å². The fraction of sp³-hybridized carbons (Fsp3) is 0.462. The van der Waals surface area contributed by atoms with Gasteiger partial charge in [0.25, 0.3) is 0 Å². The van der Waals surface area contributed by atoms with Gasteiger partial charge in [-0.05, 0) is 115 Å². The van der Waals surface area contributed by atoms with Crippen molar-refractivity contribution in [3.8, 4) is 21.7 Å². The van der Waals surface area contributed by atoms with Crippen molar-refractivity contribution in [1.82, 2.24) is 19.4 Å². The molecule has 0 aliphatic carbocycles. The molecule has 5 aromatic rings. The highest BCUT2D eigenvalue weighted by Crippen LogP contribution is 2.45. The van der Waals surface area contributed by atoms with Crippen molar-refractivity contribution in [2.24, 2.45) is 0 Å². The summed E-state index contributed by atoms with van der Waals surface area (Å²) in [4.78, 5) is 26.3. The van der Waals surface area contributed by atoms with Crippen LogP contribution in [0.25, 0.3) is 42.9 Å². The number of benzene rings is 3. The van der Waals surface area contributed by atoms with Crippen LogP contribution in [0.15, 0.2) is 48.5 Å². The standard InChI is InChI=1S/C39H47ClN4O3S/c1-8-10-19-43-20-17-29(18-21-43)44-25(4)41-30-23-27(13-16-32(30)44)37-42-31-22-24(3)33(35(38(45)46-9-2)47-39(5,6)7)34(36(31)48-37)26-11-14-28(40)15-12-26/h11-16,22-23,29,35H,8-10,17-21H2,1-7H3/t35-/m0/s1. The first-order valence-electron chi connectivity index (χ1n) is 17.2. The Morgan fingerprint density at radius 2 is 1.71 bits per heavy atom. The molecule has 0 radical (unpaired) electrons. The Morgan fingerprint density at radius 1 is 1.00 bits per heavy atom. The first kappa shape index (κ1) is 34.6. The molecule has 1 aliphatic rings. The smallest absolute Gasteiger partial charge is 0.339 e. The van der Waals surface area contributed by atoms with E-state index in [4.69, 9.17) is 31.0 Å². The molecule has 9 heteroatoms. The van der Waals surface area contributed by atoms with E-state index in [9.17, 15) is 4.79 Å². The van der Waals surface area contributed by atoms with Crippen molar-refractivity contribution in [1.29, 1.82) is 0 Å². The maximum absolute atomic E-state index is 13.5. The fourth-order valence-electron chi connectivity index (χ4n) is 6.97. The molecule has 0 bridgehead atoms. The van der Waals surface area contributed by atoms with E-state index >= 15 is 0 Å². The van der Waals surface area contributed by atoms with Crippen LogP contribution in [0.3, 0.4) is 0 Å². The van der Waals surface area contributed by atoms with E-state index in [1.165, 1.54) is 24.9 Å². The van der Waals surface area contributed by atoms with Crippen molar-refractivity contribution in [3.05, 3.63) is 70.5 Å². The third kappa shape index (κ3) is 7.18. The summed E-state index contributed by atoms with van der Waals surface area (Å²) in [6, 6.07) is 16.8. The highest BCUT2D eigenvalue weighted by molar-refractivity contribution is 7.22. The van der Waals surface area contributed by atoms with Crippen molar-refractivity contribution in [3.63, 3.8) is 0 Å². The minimum absolute atomic E-state index is 0.265. The van der Waals surface area contributed by atoms with Gasteiger partial charge in [-0.25, -0.2) is 14.8 Å². The molecule has 48 heavy (non-hydrogen) atoms. The molecular weight excluding hydrogens is 640 g/mol. The Kier molecular flexibility index (Phi) is 10.3. The number of nitrogens with zero attached hydrogens (tertiary/aromatic N) is 4. The van der Waals surface area contributed by atoms with Gasteiger partial charge in [0.15, 0.2) is 6.10 Å². The number of carbonyl (C=O) groups excluding carboxylic acids is 1. The number of likely N-dealkylation sites (tertiary alicyclic amines) is 1. The zero-order valence-electron chi connectivity index (χ0n) is 29.2. The Labute approximate surface area is 293 Å². The van der Waals surface area contributed by atoms with Crippen LogP contribution in [0.4, 0.5) is 0 Å². The lowest BCUT2D eigenvalue weighted by atomic mass is 9.91. The molecule has 6 rings (SSSR count). The summed E-state index contributed by atoms with van der Waals surface area (Å²) in [7, 11) is 0. The van der Waals surface area contributed by atoms with Crippen LogP contribution in [-0.4, -0.2) is 57.2 Å². The average molecular weight is 687 g/mol. The summed E-state index contributed by atoms with van der Waals surface area (Å²) in [5, 5.41) is 1.55. The van der Waals surface area contributed by atoms with E-state index in [0.29, 0.717) is 11.1 Å². The number of hydrogen-bond acceptors (Lipinski definition) is 7. The van der Waals surface area contributed by atoms with E-state index < -0.39 is 17.7 Å². The third-order valence-electron chi connectivity index (χ3n) is 9.16. The second kappa shape index (κ2) is 14.3. The summed E-state index contributed by atoms with van der Waals surface area (Å²) in [6.45, 7) is 17.8. The number of esters is 1. The zero-order chi connectivity index (χ0) is 34.2. The van der Waals surface area contributed by atoms with Crippen molar-refractivity contribution in [2.75, 3.05) is 26.2 Å². The molecule has 0 spiro atoms. The summed E-state index contributed by atoms with van der Waals surface area (Å²) >= 11 is 7.95. The Balaban J connectivity index is 1.43. The Bertz CT molecular complexity index is 1920. The number of hydrogen-bond donors (Lipinski definition) is 0. The van der Waals surface area contributed by atoms with Crippen LogP contribution in [0.1, 0.15) is 89.4 Å². The number of fused-ring (bicyclic) bond motifs is 2.